The third-order valence-corrected chi connectivity index (χ3v) is 11.5. The topological polar surface area (TPSA) is 17.1 Å². The molecule has 0 amide bonds. The van der Waals surface area contributed by atoms with Crippen molar-refractivity contribution in [3.63, 3.8) is 0 Å². The van der Waals surface area contributed by atoms with Gasteiger partial charge >= 0.3 is 0 Å². The van der Waals surface area contributed by atoms with E-state index in [1.54, 1.807) is 27.8 Å². The van der Waals surface area contributed by atoms with E-state index >= 15 is 0 Å². The zero-order chi connectivity index (χ0) is 24.4. The second-order valence-electron chi connectivity index (χ2n) is 13.4. The van der Waals surface area contributed by atoms with Gasteiger partial charge in [0.05, 0.1) is 0 Å². The highest BCUT2D eigenvalue weighted by Gasteiger charge is 2.55. The molecule has 0 aliphatic heterocycles. The van der Waals surface area contributed by atoms with Crippen LogP contribution in [0.2, 0.25) is 0 Å². The van der Waals surface area contributed by atoms with Crippen LogP contribution in [0, 0.1) is 46.8 Å². The molecule has 6 atom stereocenters. The van der Waals surface area contributed by atoms with E-state index in [2.05, 4.69) is 43.9 Å². The normalized spacial score (nSPS) is 37.6. The van der Waals surface area contributed by atoms with Crippen molar-refractivity contribution in [3.8, 4) is 11.8 Å². The van der Waals surface area contributed by atoms with Gasteiger partial charge in [0.2, 0.25) is 0 Å². The van der Waals surface area contributed by atoms with Crippen molar-refractivity contribution in [2.45, 2.75) is 103 Å². The van der Waals surface area contributed by atoms with Gasteiger partial charge in [0.1, 0.15) is 0 Å². The molecule has 0 bridgehead atoms. The Kier molecular flexibility index (Phi) is 5.61. The Hall–Kier alpha value is -2.07. The second-order valence-corrected chi connectivity index (χ2v) is 13.4. The summed E-state index contributed by atoms with van der Waals surface area (Å²) in [6, 6.07) is 7.53. The molecule has 1 aromatic carbocycles. The minimum atomic E-state index is 0.235. The van der Waals surface area contributed by atoms with Gasteiger partial charge < -0.3 is 0 Å². The summed E-state index contributed by atoms with van der Waals surface area (Å²) in [6.45, 7) is 5.20. The number of carbonyl (C=O) groups excluding carboxylic acids is 1. The van der Waals surface area contributed by atoms with Crippen molar-refractivity contribution >= 4 is 5.78 Å². The number of hydrogen-bond donors (Lipinski definition) is 0. The second kappa shape index (κ2) is 8.75. The molecule has 36 heavy (non-hydrogen) atoms. The van der Waals surface area contributed by atoms with Crippen LogP contribution < -0.4 is 0 Å². The molecule has 0 spiro atoms. The number of ketones is 1. The highest BCUT2D eigenvalue weighted by Crippen LogP contribution is 2.65. The Bertz CT molecular complexity index is 1210. The van der Waals surface area contributed by atoms with E-state index in [9.17, 15) is 4.79 Å². The Morgan fingerprint density at radius 2 is 1.78 bits per heavy atom. The van der Waals surface area contributed by atoms with Crippen molar-refractivity contribution in [3.05, 3.63) is 57.7 Å². The summed E-state index contributed by atoms with van der Waals surface area (Å²) in [5.41, 5.74) is 9.70. The van der Waals surface area contributed by atoms with Gasteiger partial charge in [0.15, 0.2) is 5.78 Å². The SMILES string of the molecule is CC1C[C@H](c2ccc3c(c2)CCC3)C2=C3CCC(=O)C=C3CC[C@@]2(C)C2CCC(C#CC3CCC3)C12. The summed E-state index contributed by atoms with van der Waals surface area (Å²) >= 11 is 0. The standard InChI is InChI=1S/C35H42O/c1-22-19-31(27-12-11-24-7-4-8-26(24)20-27)34-30-15-14-29(36)21-28(30)17-18-35(34,2)32-16-13-25(33(22)32)10-9-23-5-3-6-23/h11-12,20-23,25,31-33H,3-8,13-19H2,1-2H3/t22?,25?,31-,32?,33?,35+/m1/s1. The smallest absolute Gasteiger partial charge is 0.156 e. The molecule has 4 unspecified atom stereocenters. The van der Waals surface area contributed by atoms with E-state index in [-0.39, 0.29) is 5.41 Å². The number of fused-ring (bicyclic) bond motifs is 5. The van der Waals surface area contributed by atoms with E-state index < -0.39 is 0 Å². The zero-order valence-corrected chi connectivity index (χ0v) is 22.4. The Balaban J connectivity index is 1.36. The molecular weight excluding hydrogens is 436 g/mol. The van der Waals surface area contributed by atoms with Crippen LogP contribution in [0.25, 0.3) is 0 Å². The molecule has 0 N–H and O–H groups in total. The number of allylic oxidation sites excluding steroid dienone is 4. The molecule has 0 saturated heterocycles. The van der Waals surface area contributed by atoms with Crippen LogP contribution in [0.1, 0.15) is 107 Å². The van der Waals surface area contributed by atoms with Crippen LogP contribution in [-0.4, -0.2) is 5.78 Å². The number of benzene rings is 1. The van der Waals surface area contributed by atoms with Gasteiger partial charge in [-0.25, -0.2) is 0 Å². The number of rotatable bonds is 1. The van der Waals surface area contributed by atoms with Crippen LogP contribution >= 0.6 is 0 Å². The fourth-order valence-electron chi connectivity index (χ4n) is 9.43. The predicted octanol–water partition coefficient (Wildman–Crippen LogP) is 8.13. The van der Waals surface area contributed by atoms with E-state index in [0.717, 1.165) is 18.8 Å². The molecule has 3 saturated carbocycles. The molecule has 1 aromatic rings. The lowest BCUT2D eigenvalue weighted by Gasteiger charge is -2.47. The van der Waals surface area contributed by atoms with Crippen molar-refractivity contribution < 1.29 is 4.79 Å². The third-order valence-electron chi connectivity index (χ3n) is 11.5. The number of aryl methyl sites for hydroxylation is 2. The predicted molar refractivity (Wildman–Crippen MR) is 147 cm³/mol. The molecule has 6 aliphatic carbocycles. The Morgan fingerprint density at radius 3 is 2.61 bits per heavy atom. The molecule has 6 aliphatic rings. The highest BCUT2D eigenvalue weighted by molar-refractivity contribution is 5.93. The van der Waals surface area contributed by atoms with Crippen LogP contribution in [0.3, 0.4) is 0 Å². The minimum absolute atomic E-state index is 0.235. The van der Waals surface area contributed by atoms with Gasteiger partial charge in [0, 0.05) is 24.2 Å². The van der Waals surface area contributed by atoms with Gasteiger partial charge in [-0.15, -0.1) is 0 Å². The maximum atomic E-state index is 12.4. The van der Waals surface area contributed by atoms with E-state index in [4.69, 9.17) is 0 Å². The zero-order valence-electron chi connectivity index (χ0n) is 22.4. The summed E-state index contributed by atoms with van der Waals surface area (Å²) in [4.78, 5) is 12.4. The van der Waals surface area contributed by atoms with Gasteiger partial charge in [-0.05, 0) is 128 Å². The van der Waals surface area contributed by atoms with E-state index in [1.165, 1.54) is 69.8 Å². The van der Waals surface area contributed by atoms with Crippen molar-refractivity contribution in [1.82, 2.24) is 0 Å². The summed E-state index contributed by atoms with van der Waals surface area (Å²) in [5, 5.41) is 0. The maximum absolute atomic E-state index is 12.4. The van der Waals surface area contributed by atoms with Crippen LogP contribution in [-0.2, 0) is 17.6 Å². The molecular formula is C35H42O. The first kappa shape index (κ1) is 23.1. The molecule has 0 aromatic heterocycles. The van der Waals surface area contributed by atoms with Crippen molar-refractivity contribution in [2.75, 3.05) is 0 Å². The van der Waals surface area contributed by atoms with Crippen LogP contribution in [0.15, 0.2) is 41.0 Å². The lowest BCUT2D eigenvalue weighted by atomic mass is 9.57. The number of hydrogen-bond acceptors (Lipinski definition) is 1. The Labute approximate surface area is 218 Å². The largest absolute Gasteiger partial charge is 0.295 e. The minimum Gasteiger partial charge on any atom is -0.295 e. The van der Waals surface area contributed by atoms with Gasteiger partial charge in [-0.1, -0.05) is 55.9 Å². The van der Waals surface area contributed by atoms with Crippen molar-refractivity contribution in [2.24, 2.45) is 35.0 Å². The van der Waals surface area contributed by atoms with E-state index in [1.807, 2.05) is 6.08 Å². The molecule has 1 heteroatoms. The third kappa shape index (κ3) is 3.61. The summed E-state index contributed by atoms with van der Waals surface area (Å²) < 4.78 is 0. The fraction of sp³-hybridized carbons (Fsp3) is 0.629. The number of carbonyl (C=O) groups is 1. The summed E-state index contributed by atoms with van der Waals surface area (Å²) in [6.07, 6.45) is 17.7. The van der Waals surface area contributed by atoms with Crippen LogP contribution in [0.5, 0.6) is 0 Å². The first-order chi connectivity index (χ1) is 17.5. The molecule has 1 nitrogen and oxygen atoms in total. The van der Waals surface area contributed by atoms with Crippen molar-refractivity contribution in [1.29, 1.82) is 0 Å². The lowest BCUT2D eigenvalue weighted by molar-refractivity contribution is -0.114. The average Bonchev–Trinajstić information content (AvgIpc) is 3.47. The summed E-state index contributed by atoms with van der Waals surface area (Å²) in [5.74, 6) is 11.8. The van der Waals surface area contributed by atoms with Crippen LogP contribution in [0.4, 0.5) is 0 Å². The highest BCUT2D eigenvalue weighted by atomic mass is 16.1. The Morgan fingerprint density at radius 1 is 0.917 bits per heavy atom. The molecule has 7 rings (SSSR count). The van der Waals surface area contributed by atoms with Gasteiger partial charge in [-0.2, -0.15) is 0 Å². The maximum Gasteiger partial charge on any atom is 0.156 e. The molecule has 0 heterocycles. The fourth-order valence-corrected chi connectivity index (χ4v) is 9.43. The van der Waals surface area contributed by atoms with Gasteiger partial charge in [-0.3, -0.25) is 4.79 Å². The van der Waals surface area contributed by atoms with E-state index in [0.29, 0.717) is 41.8 Å². The molecule has 3 fully saturated rings. The lowest BCUT2D eigenvalue weighted by Crippen LogP contribution is -2.37. The first-order valence-electron chi connectivity index (χ1n) is 15.1. The summed E-state index contributed by atoms with van der Waals surface area (Å²) in [7, 11) is 0. The molecule has 0 radical (unpaired) electrons. The average molecular weight is 479 g/mol. The first-order valence-corrected chi connectivity index (χ1v) is 15.1. The van der Waals surface area contributed by atoms with Gasteiger partial charge in [0.25, 0.3) is 0 Å². The monoisotopic (exact) mass is 478 g/mol. The molecule has 188 valence electrons. The quantitative estimate of drug-likeness (QED) is 0.372.